The van der Waals surface area contributed by atoms with Crippen molar-refractivity contribution in [2.24, 2.45) is 4.99 Å². The molecular weight excluding hydrogens is 359 g/mol. The molecule has 2 N–H and O–H groups in total. The van der Waals surface area contributed by atoms with Crippen LogP contribution < -0.4 is 10.6 Å². The molecule has 0 bridgehead atoms. The summed E-state index contributed by atoms with van der Waals surface area (Å²) in [4.78, 5) is 4.51. The van der Waals surface area contributed by atoms with Crippen LogP contribution in [0.4, 0.5) is 13.2 Å². The minimum atomic E-state index is -4.32. The number of aliphatic imine (C=N–C) groups is 1. The summed E-state index contributed by atoms with van der Waals surface area (Å²) in [5.74, 6) is 1.56. The highest BCUT2D eigenvalue weighted by molar-refractivity contribution is 5.79. The number of hydrogen-bond donors (Lipinski definition) is 2. The highest BCUT2D eigenvalue weighted by Gasteiger charge is 2.27. The molecule has 0 aliphatic rings. The smallest absolute Gasteiger partial charge is 0.411 e. The van der Waals surface area contributed by atoms with Crippen molar-refractivity contribution in [3.05, 3.63) is 59.5 Å². The Bertz CT molecular complexity index is 700. The zero-order valence-corrected chi connectivity index (χ0v) is 15.2. The van der Waals surface area contributed by atoms with Crippen molar-refractivity contribution in [2.45, 2.75) is 32.7 Å². The lowest BCUT2D eigenvalue weighted by Crippen LogP contribution is -2.38. The molecule has 2 rings (SSSR count). The van der Waals surface area contributed by atoms with Gasteiger partial charge in [0.2, 0.25) is 0 Å². The average Bonchev–Trinajstić information content (AvgIpc) is 3.12. The first-order chi connectivity index (χ1) is 13.0. The Morgan fingerprint density at radius 1 is 1.15 bits per heavy atom. The van der Waals surface area contributed by atoms with Crippen molar-refractivity contribution in [1.82, 2.24) is 10.6 Å². The van der Waals surface area contributed by atoms with Gasteiger partial charge in [-0.2, -0.15) is 13.2 Å². The standard InChI is InChI=1S/C19H24F3N3O2/c1-2-23-18(24-9-8-17-7-4-10-27-17)25-12-15-5-3-6-16(11-15)13-26-14-19(20,21)22/h3-7,10-11H,2,8-9,12-14H2,1H3,(H2,23,24,25). The van der Waals surface area contributed by atoms with Crippen molar-refractivity contribution in [3.63, 3.8) is 0 Å². The molecule has 0 spiro atoms. The molecule has 1 aromatic heterocycles. The normalized spacial score (nSPS) is 12.2. The molecule has 0 aliphatic carbocycles. The molecule has 148 valence electrons. The number of benzene rings is 1. The van der Waals surface area contributed by atoms with E-state index in [2.05, 4.69) is 15.6 Å². The second kappa shape index (κ2) is 10.6. The van der Waals surface area contributed by atoms with Crippen LogP contribution in [0.15, 0.2) is 52.1 Å². The van der Waals surface area contributed by atoms with Gasteiger partial charge in [-0.25, -0.2) is 4.99 Å². The Morgan fingerprint density at radius 3 is 2.67 bits per heavy atom. The lowest BCUT2D eigenvalue weighted by Gasteiger charge is -2.11. The van der Waals surface area contributed by atoms with E-state index in [4.69, 9.17) is 9.15 Å². The molecule has 0 saturated heterocycles. The second-order valence-electron chi connectivity index (χ2n) is 5.88. The monoisotopic (exact) mass is 383 g/mol. The molecule has 2 aromatic rings. The molecule has 0 unspecified atom stereocenters. The van der Waals surface area contributed by atoms with Crippen molar-refractivity contribution >= 4 is 5.96 Å². The van der Waals surface area contributed by atoms with Crippen LogP contribution >= 0.6 is 0 Å². The summed E-state index contributed by atoms with van der Waals surface area (Å²) in [7, 11) is 0. The number of halogens is 3. The summed E-state index contributed by atoms with van der Waals surface area (Å²) in [6.07, 6.45) is -1.94. The third kappa shape index (κ3) is 8.63. The van der Waals surface area contributed by atoms with E-state index < -0.39 is 12.8 Å². The molecule has 27 heavy (non-hydrogen) atoms. The van der Waals surface area contributed by atoms with Gasteiger partial charge in [-0.15, -0.1) is 0 Å². The van der Waals surface area contributed by atoms with Crippen molar-refractivity contribution in [1.29, 1.82) is 0 Å². The van der Waals surface area contributed by atoms with E-state index in [-0.39, 0.29) is 6.61 Å². The number of rotatable bonds is 9. The van der Waals surface area contributed by atoms with Crippen molar-refractivity contribution < 1.29 is 22.3 Å². The number of nitrogens with zero attached hydrogens (tertiary/aromatic N) is 1. The van der Waals surface area contributed by atoms with Gasteiger partial charge in [-0.3, -0.25) is 0 Å². The van der Waals surface area contributed by atoms with Crippen LogP contribution in [0, 0.1) is 0 Å². The zero-order valence-electron chi connectivity index (χ0n) is 15.2. The SMILES string of the molecule is CCNC(=NCc1cccc(COCC(F)(F)F)c1)NCCc1ccco1. The average molecular weight is 383 g/mol. The predicted molar refractivity (Wildman–Crippen MR) is 97.4 cm³/mol. The van der Waals surface area contributed by atoms with E-state index in [9.17, 15) is 13.2 Å². The van der Waals surface area contributed by atoms with Gasteiger partial charge in [0.25, 0.3) is 0 Å². The van der Waals surface area contributed by atoms with Crippen LogP contribution in [0.1, 0.15) is 23.8 Å². The molecule has 0 amide bonds. The van der Waals surface area contributed by atoms with Gasteiger partial charge in [0.05, 0.1) is 19.4 Å². The Morgan fingerprint density at radius 2 is 1.96 bits per heavy atom. The highest BCUT2D eigenvalue weighted by Crippen LogP contribution is 2.16. The van der Waals surface area contributed by atoms with Crippen LogP contribution in [-0.2, 0) is 24.3 Å². The zero-order chi connectivity index (χ0) is 19.5. The van der Waals surface area contributed by atoms with E-state index >= 15 is 0 Å². The first-order valence-corrected chi connectivity index (χ1v) is 8.73. The summed E-state index contributed by atoms with van der Waals surface area (Å²) < 4.78 is 46.4. The lowest BCUT2D eigenvalue weighted by molar-refractivity contribution is -0.176. The van der Waals surface area contributed by atoms with Gasteiger partial charge < -0.3 is 19.8 Å². The number of furan rings is 1. The maximum Gasteiger partial charge on any atom is 0.411 e. The number of guanidine groups is 1. The third-order valence-electron chi connectivity index (χ3n) is 3.53. The van der Waals surface area contributed by atoms with E-state index in [1.54, 1.807) is 24.5 Å². The third-order valence-corrected chi connectivity index (χ3v) is 3.53. The fourth-order valence-electron chi connectivity index (χ4n) is 2.37. The maximum absolute atomic E-state index is 12.1. The van der Waals surface area contributed by atoms with Gasteiger partial charge in [0.1, 0.15) is 12.4 Å². The Hall–Kier alpha value is -2.48. The van der Waals surface area contributed by atoms with Gasteiger partial charge in [0, 0.05) is 19.5 Å². The molecule has 0 radical (unpaired) electrons. The first-order valence-electron chi connectivity index (χ1n) is 8.73. The minimum Gasteiger partial charge on any atom is -0.469 e. The Labute approximate surface area is 156 Å². The number of hydrogen-bond acceptors (Lipinski definition) is 3. The van der Waals surface area contributed by atoms with Crippen LogP contribution in [0.5, 0.6) is 0 Å². The van der Waals surface area contributed by atoms with Gasteiger partial charge in [-0.05, 0) is 30.2 Å². The second-order valence-corrected chi connectivity index (χ2v) is 5.88. The van der Waals surface area contributed by atoms with Gasteiger partial charge in [-0.1, -0.05) is 24.3 Å². The maximum atomic E-state index is 12.1. The first kappa shape index (κ1) is 20.8. The topological polar surface area (TPSA) is 58.8 Å². The summed E-state index contributed by atoms with van der Waals surface area (Å²) in [6, 6.07) is 11.0. The van der Waals surface area contributed by atoms with Crippen molar-refractivity contribution in [3.8, 4) is 0 Å². The molecule has 5 nitrogen and oxygen atoms in total. The fraction of sp³-hybridized carbons (Fsp3) is 0.421. The van der Waals surface area contributed by atoms with Crippen LogP contribution in [0.25, 0.3) is 0 Å². The molecule has 1 heterocycles. The van der Waals surface area contributed by atoms with Crippen molar-refractivity contribution in [2.75, 3.05) is 19.7 Å². The van der Waals surface area contributed by atoms with Crippen LogP contribution in [0.3, 0.4) is 0 Å². The lowest BCUT2D eigenvalue weighted by atomic mass is 10.1. The van der Waals surface area contributed by atoms with E-state index in [0.717, 1.165) is 24.3 Å². The summed E-state index contributed by atoms with van der Waals surface area (Å²) in [5.41, 5.74) is 1.58. The molecule has 0 aliphatic heterocycles. The van der Waals surface area contributed by atoms with Crippen LogP contribution in [-0.4, -0.2) is 31.8 Å². The van der Waals surface area contributed by atoms with Crippen LogP contribution in [0.2, 0.25) is 0 Å². The Balaban J connectivity index is 1.85. The summed E-state index contributed by atoms with van der Waals surface area (Å²) >= 11 is 0. The molecule has 0 saturated carbocycles. The number of ether oxygens (including phenoxy) is 1. The summed E-state index contributed by atoms with van der Waals surface area (Å²) in [6.45, 7) is 2.44. The highest BCUT2D eigenvalue weighted by atomic mass is 19.4. The molecular formula is C19H24F3N3O2. The van der Waals surface area contributed by atoms with E-state index in [1.807, 2.05) is 25.1 Å². The molecule has 8 heteroatoms. The predicted octanol–water partition coefficient (Wildman–Crippen LogP) is 3.66. The minimum absolute atomic E-state index is 0.0848. The molecule has 0 fully saturated rings. The number of alkyl halides is 3. The molecule has 0 atom stereocenters. The van der Waals surface area contributed by atoms with E-state index in [0.29, 0.717) is 24.6 Å². The van der Waals surface area contributed by atoms with Gasteiger partial charge in [0.15, 0.2) is 5.96 Å². The fourth-order valence-corrected chi connectivity index (χ4v) is 2.37. The molecule has 1 aromatic carbocycles. The number of nitrogens with one attached hydrogen (secondary N) is 2. The van der Waals surface area contributed by atoms with Gasteiger partial charge >= 0.3 is 6.18 Å². The Kier molecular flexibility index (Phi) is 8.19. The van der Waals surface area contributed by atoms with E-state index in [1.165, 1.54) is 0 Å². The quantitative estimate of drug-likeness (QED) is 0.513. The summed E-state index contributed by atoms with van der Waals surface area (Å²) in [5, 5.41) is 6.38. The largest absolute Gasteiger partial charge is 0.469 e.